The van der Waals surface area contributed by atoms with Crippen LogP contribution in [0.3, 0.4) is 0 Å². The van der Waals surface area contributed by atoms with Gasteiger partial charge in [0.05, 0.1) is 11.6 Å². The van der Waals surface area contributed by atoms with Crippen LogP contribution in [0.4, 0.5) is 0 Å². The lowest BCUT2D eigenvalue weighted by atomic mass is 10.0. The van der Waals surface area contributed by atoms with Gasteiger partial charge in [-0.05, 0) is 61.4 Å². The molecule has 0 saturated carbocycles. The van der Waals surface area contributed by atoms with Crippen LogP contribution in [0.1, 0.15) is 22.5 Å². The molecular formula is C22H17ClN2O2. The number of aryl methyl sites for hydroxylation is 1. The maximum Gasteiger partial charge on any atom is 0.231 e. The number of ether oxygens (including phenoxy) is 2. The molecule has 0 unspecified atom stereocenters. The van der Waals surface area contributed by atoms with Crippen molar-refractivity contribution in [3.05, 3.63) is 76.1 Å². The summed E-state index contributed by atoms with van der Waals surface area (Å²) in [5, 5.41) is 10.3. The zero-order valence-electron chi connectivity index (χ0n) is 15.0. The van der Waals surface area contributed by atoms with E-state index in [0.717, 1.165) is 39.7 Å². The normalized spacial score (nSPS) is 12.9. The molecule has 2 heterocycles. The Kier molecular flexibility index (Phi) is 4.39. The molecule has 0 fully saturated rings. The van der Waals surface area contributed by atoms with Crippen molar-refractivity contribution in [3.63, 3.8) is 0 Å². The lowest BCUT2D eigenvalue weighted by Gasteiger charge is -2.10. The quantitative estimate of drug-likeness (QED) is 0.564. The second-order valence-corrected chi connectivity index (χ2v) is 6.81. The molecule has 134 valence electrons. The second kappa shape index (κ2) is 6.86. The van der Waals surface area contributed by atoms with Crippen molar-refractivity contribution in [2.75, 3.05) is 6.79 Å². The number of allylic oxidation sites excluding steroid dienone is 1. The fraction of sp³-hybridized carbons (Fsp3) is 0.136. The summed E-state index contributed by atoms with van der Waals surface area (Å²) in [7, 11) is 0. The Hall–Kier alpha value is -3.16. The Labute approximate surface area is 162 Å². The zero-order valence-corrected chi connectivity index (χ0v) is 15.7. The predicted molar refractivity (Wildman–Crippen MR) is 106 cm³/mol. The van der Waals surface area contributed by atoms with Crippen LogP contribution >= 0.6 is 11.6 Å². The fourth-order valence-electron chi connectivity index (χ4n) is 3.32. The molecule has 4 rings (SSSR count). The van der Waals surface area contributed by atoms with Gasteiger partial charge in [-0.1, -0.05) is 23.7 Å². The molecule has 5 heteroatoms. The van der Waals surface area contributed by atoms with Crippen molar-refractivity contribution >= 4 is 23.3 Å². The van der Waals surface area contributed by atoms with E-state index in [4.69, 9.17) is 21.1 Å². The number of aromatic nitrogens is 1. The van der Waals surface area contributed by atoms with Crippen molar-refractivity contribution in [2.45, 2.75) is 13.8 Å². The molecular weight excluding hydrogens is 360 g/mol. The molecule has 1 aliphatic heterocycles. The third-order valence-electron chi connectivity index (χ3n) is 4.66. The van der Waals surface area contributed by atoms with Crippen LogP contribution in [0, 0.1) is 25.2 Å². The van der Waals surface area contributed by atoms with Gasteiger partial charge in [-0.2, -0.15) is 5.26 Å². The van der Waals surface area contributed by atoms with E-state index < -0.39 is 0 Å². The maximum atomic E-state index is 9.61. The lowest BCUT2D eigenvalue weighted by molar-refractivity contribution is 0.174. The van der Waals surface area contributed by atoms with E-state index in [1.807, 2.05) is 50.3 Å². The van der Waals surface area contributed by atoms with Gasteiger partial charge >= 0.3 is 0 Å². The van der Waals surface area contributed by atoms with Gasteiger partial charge in [0.25, 0.3) is 0 Å². The lowest BCUT2D eigenvalue weighted by Crippen LogP contribution is -1.99. The first-order valence-electron chi connectivity index (χ1n) is 8.53. The summed E-state index contributed by atoms with van der Waals surface area (Å²) in [5.74, 6) is 1.51. The Balaban J connectivity index is 1.76. The third kappa shape index (κ3) is 3.18. The van der Waals surface area contributed by atoms with E-state index in [1.165, 1.54) is 0 Å². The van der Waals surface area contributed by atoms with Crippen molar-refractivity contribution in [2.24, 2.45) is 0 Å². The number of fused-ring (bicyclic) bond motifs is 1. The van der Waals surface area contributed by atoms with Gasteiger partial charge in [-0.25, -0.2) is 0 Å². The molecule has 0 N–H and O–H groups in total. The van der Waals surface area contributed by atoms with Crippen LogP contribution in [0.15, 0.2) is 48.5 Å². The minimum atomic E-state index is 0.253. The number of hydrogen-bond donors (Lipinski definition) is 0. The van der Waals surface area contributed by atoms with E-state index in [-0.39, 0.29) is 6.79 Å². The number of hydrogen-bond acceptors (Lipinski definition) is 3. The zero-order chi connectivity index (χ0) is 19.0. The molecule has 3 aromatic rings. The smallest absolute Gasteiger partial charge is 0.231 e. The van der Waals surface area contributed by atoms with E-state index in [2.05, 4.69) is 16.7 Å². The highest BCUT2D eigenvalue weighted by Crippen LogP contribution is 2.35. The highest BCUT2D eigenvalue weighted by Gasteiger charge is 2.16. The minimum absolute atomic E-state index is 0.253. The highest BCUT2D eigenvalue weighted by molar-refractivity contribution is 6.30. The maximum absolute atomic E-state index is 9.61. The number of nitrogens with zero attached hydrogens (tertiary/aromatic N) is 2. The molecule has 4 nitrogen and oxygen atoms in total. The van der Waals surface area contributed by atoms with Crippen LogP contribution in [0.2, 0.25) is 5.02 Å². The highest BCUT2D eigenvalue weighted by atomic mass is 35.5. The number of halogens is 1. The van der Waals surface area contributed by atoms with Gasteiger partial charge < -0.3 is 14.0 Å². The standard InChI is InChI=1S/C22H17ClN2O2/c1-14-9-17(10-18(12-24)16-3-5-19(23)6-4-16)15(2)25(14)20-7-8-21-22(11-20)27-13-26-21/h3-11H,13H2,1-2H3/b18-10+. The van der Waals surface area contributed by atoms with Crippen LogP contribution in [0.5, 0.6) is 11.5 Å². The summed E-state index contributed by atoms with van der Waals surface area (Å²) in [4.78, 5) is 0. The number of benzene rings is 2. The van der Waals surface area contributed by atoms with Gasteiger partial charge in [0, 0.05) is 28.2 Å². The topological polar surface area (TPSA) is 47.2 Å². The first-order chi connectivity index (χ1) is 13.1. The average molecular weight is 377 g/mol. The molecule has 0 amide bonds. The fourth-order valence-corrected chi connectivity index (χ4v) is 3.45. The first-order valence-corrected chi connectivity index (χ1v) is 8.91. The van der Waals surface area contributed by atoms with Crippen molar-refractivity contribution < 1.29 is 9.47 Å². The van der Waals surface area contributed by atoms with Gasteiger partial charge in [0.2, 0.25) is 6.79 Å². The van der Waals surface area contributed by atoms with Crippen LogP contribution < -0.4 is 9.47 Å². The SMILES string of the molecule is Cc1cc(/C=C(\C#N)c2ccc(Cl)cc2)c(C)n1-c1ccc2c(c1)OCO2. The average Bonchev–Trinajstić information content (AvgIpc) is 3.24. The van der Waals surface area contributed by atoms with E-state index in [1.54, 1.807) is 12.1 Å². The van der Waals surface area contributed by atoms with Gasteiger partial charge in [-0.3, -0.25) is 0 Å². The molecule has 2 aromatic carbocycles. The number of nitriles is 1. The Bertz CT molecular complexity index is 1090. The summed E-state index contributed by atoms with van der Waals surface area (Å²) in [6, 6.07) is 17.6. The molecule has 0 spiro atoms. The van der Waals surface area contributed by atoms with E-state index in [9.17, 15) is 5.26 Å². The van der Waals surface area contributed by atoms with Gasteiger partial charge in [-0.15, -0.1) is 0 Å². The first kappa shape index (κ1) is 17.3. The molecule has 0 bridgehead atoms. The summed E-state index contributed by atoms with van der Waals surface area (Å²) in [5.41, 5.74) is 5.56. The van der Waals surface area contributed by atoms with Gasteiger partial charge in [0.15, 0.2) is 11.5 Å². The van der Waals surface area contributed by atoms with E-state index in [0.29, 0.717) is 10.6 Å². The largest absolute Gasteiger partial charge is 0.454 e. The molecule has 0 aliphatic carbocycles. The summed E-state index contributed by atoms with van der Waals surface area (Å²) >= 11 is 5.95. The molecule has 0 radical (unpaired) electrons. The summed E-state index contributed by atoms with van der Waals surface area (Å²) in [6.07, 6.45) is 1.91. The Morgan fingerprint density at radius 3 is 2.56 bits per heavy atom. The molecule has 1 aliphatic rings. The van der Waals surface area contributed by atoms with Gasteiger partial charge in [0.1, 0.15) is 0 Å². The third-order valence-corrected chi connectivity index (χ3v) is 4.91. The van der Waals surface area contributed by atoms with Crippen LogP contribution in [-0.4, -0.2) is 11.4 Å². The molecule has 1 aromatic heterocycles. The Morgan fingerprint density at radius 2 is 1.81 bits per heavy atom. The molecule has 0 saturated heterocycles. The monoisotopic (exact) mass is 376 g/mol. The van der Waals surface area contributed by atoms with Crippen LogP contribution in [0.25, 0.3) is 17.3 Å². The van der Waals surface area contributed by atoms with E-state index >= 15 is 0 Å². The molecule has 27 heavy (non-hydrogen) atoms. The summed E-state index contributed by atoms with van der Waals surface area (Å²) in [6.45, 7) is 4.34. The van der Waals surface area contributed by atoms with Crippen molar-refractivity contribution in [3.8, 4) is 23.3 Å². The summed E-state index contributed by atoms with van der Waals surface area (Å²) < 4.78 is 13.0. The minimum Gasteiger partial charge on any atom is -0.454 e. The van der Waals surface area contributed by atoms with Crippen molar-refractivity contribution in [1.82, 2.24) is 4.57 Å². The molecule has 0 atom stereocenters. The van der Waals surface area contributed by atoms with Crippen molar-refractivity contribution in [1.29, 1.82) is 5.26 Å². The second-order valence-electron chi connectivity index (χ2n) is 6.38. The Morgan fingerprint density at radius 1 is 1.07 bits per heavy atom. The van der Waals surface area contributed by atoms with Crippen LogP contribution in [-0.2, 0) is 0 Å². The predicted octanol–water partition coefficient (Wildman–Crippen LogP) is 5.54. The number of rotatable bonds is 3.